The van der Waals surface area contributed by atoms with Crippen LogP contribution >= 0.6 is 0 Å². The van der Waals surface area contributed by atoms with Crippen molar-refractivity contribution in [3.05, 3.63) is 64.7 Å². The number of Topliss-reactive ketones (excluding diaryl/α,β-unsaturated/α-hetero) is 1. The summed E-state index contributed by atoms with van der Waals surface area (Å²) in [6.07, 6.45) is 16.9. The van der Waals surface area contributed by atoms with Crippen molar-refractivity contribution < 1.29 is 28.5 Å². The third-order valence-electron chi connectivity index (χ3n) is 8.63. The molecule has 3 aliphatic rings. The zero-order valence-corrected chi connectivity index (χ0v) is 26.2. The summed E-state index contributed by atoms with van der Waals surface area (Å²) in [6, 6.07) is 15.4. The molecule has 0 saturated carbocycles. The molecule has 5 rings (SSSR count). The van der Waals surface area contributed by atoms with E-state index in [1.807, 2.05) is 0 Å². The van der Waals surface area contributed by atoms with Gasteiger partial charge in [0.05, 0.1) is 24.9 Å². The summed E-state index contributed by atoms with van der Waals surface area (Å²) >= 11 is 0. The van der Waals surface area contributed by atoms with Crippen LogP contribution in [0, 0.1) is 0 Å². The van der Waals surface area contributed by atoms with Crippen LogP contribution in [0.15, 0.2) is 42.5 Å². The molecule has 0 aliphatic carbocycles. The highest BCUT2D eigenvalue weighted by atomic mass is 16.7. The van der Waals surface area contributed by atoms with E-state index in [9.17, 15) is 4.79 Å². The third kappa shape index (κ3) is 10.3. The van der Waals surface area contributed by atoms with Crippen LogP contribution in [-0.4, -0.2) is 43.8 Å². The minimum absolute atomic E-state index is 0.0729. The lowest BCUT2D eigenvalue weighted by molar-refractivity contribution is -0.212. The highest BCUT2D eigenvalue weighted by Gasteiger charge is 2.30. The summed E-state index contributed by atoms with van der Waals surface area (Å²) < 4.78 is 29.8. The van der Waals surface area contributed by atoms with Gasteiger partial charge in [-0.1, -0.05) is 49.3 Å². The molecule has 234 valence electrons. The van der Waals surface area contributed by atoms with E-state index in [2.05, 4.69) is 68.5 Å². The molecule has 3 atom stereocenters. The maximum absolute atomic E-state index is 12.0. The molecule has 0 radical (unpaired) electrons. The van der Waals surface area contributed by atoms with Crippen LogP contribution in [-0.2, 0) is 30.2 Å². The molecule has 0 bridgehead atoms. The largest absolute Gasteiger partial charge is 0.465 e. The molecule has 3 fully saturated rings. The Morgan fingerprint density at radius 3 is 2.33 bits per heavy atom. The molecule has 3 aliphatic heterocycles. The van der Waals surface area contributed by atoms with Gasteiger partial charge in [-0.25, -0.2) is 0 Å². The highest BCUT2D eigenvalue weighted by molar-refractivity contribution is 5.82. The van der Waals surface area contributed by atoms with Crippen LogP contribution in [0.4, 0.5) is 0 Å². The molecule has 3 unspecified atom stereocenters. The molecular weight excluding hydrogens is 540 g/mol. The van der Waals surface area contributed by atoms with Crippen molar-refractivity contribution in [2.75, 3.05) is 19.8 Å². The van der Waals surface area contributed by atoms with E-state index >= 15 is 0 Å². The van der Waals surface area contributed by atoms with Gasteiger partial charge in [-0.2, -0.15) is 0 Å². The Hall–Kier alpha value is -2.51. The Bertz CT molecular complexity index is 1170. The van der Waals surface area contributed by atoms with Gasteiger partial charge in [0.15, 0.2) is 12.1 Å². The number of carbonyl (C=O) groups is 1. The molecule has 0 amide bonds. The van der Waals surface area contributed by atoms with Gasteiger partial charge >= 0.3 is 0 Å². The van der Waals surface area contributed by atoms with E-state index < -0.39 is 6.29 Å². The second-order valence-electron chi connectivity index (χ2n) is 12.9. The molecule has 2 aromatic carbocycles. The number of hydrogen-bond donors (Lipinski definition) is 0. The number of carbonyl (C=O) groups excluding carboxylic acids is 1. The zero-order valence-electron chi connectivity index (χ0n) is 26.2. The predicted molar refractivity (Wildman–Crippen MR) is 170 cm³/mol. The van der Waals surface area contributed by atoms with Crippen molar-refractivity contribution in [3.8, 4) is 5.75 Å². The fourth-order valence-electron chi connectivity index (χ4n) is 6.10. The van der Waals surface area contributed by atoms with Gasteiger partial charge in [0.1, 0.15) is 5.75 Å². The zero-order chi connectivity index (χ0) is 29.9. The van der Waals surface area contributed by atoms with Crippen LogP contribution in [0.25, 0.3) is 12.2 Å². The number of aryl methyl sites for hydroxylation is 1. The normalized spacial score (nSPS) is 23.5. The number of rotatable bonds is 13. The fraction of sp³-hybridized carbons (Fsp3) is 0.595. The first kappa shape index (κ1) is 31.9. The number of benzene rings is 2. The molecule has 3 saturated heterocycles. The van der Waals surface area contributed by atoms with E-state index in [0.29, 0.717) is 13.0 Å². The van der Waals surface area contributed by atoms with Crippen LogP contribution in [0.1, 0.15) is 119 Å². The Morgan fingerprint density at radius 1 is 0.814 bits per heavy atom. The van der Waals surface area contributed by atoms with Crippen LogP contribution in [0.3, 0.4) is 0 Å². The first-order valence-electron chi connectivity index (χ1n) is 16.6. The Morgan fingerprint density at radius 2 is 1.58 bits per heavy atom. The molecule has 0 spiro atoms. The second-order valence-corrected chi connectivity index (χ2v) is 12.9. The number of ketones is 1. The van der Waals surface area contributed by atoms with Gasteiger partial charge in [-0.3, -0.25) is 4.79 Å². The van der Waals surface area contributed by atoms with E-state index in [1.165, 1.54) is 23.1 Å². The van der Waals surface area contributed by atoms with Gasteiger partial charge in [0.2, 0.25) is 6.29 Å². The van der Waals surface area contributed by atoms with Crippen LogP contribution in [0.5, 0.6) is 5.75 Å². The van der Waals surface area contributed by atoms with Crippen molar-refractivity contribution in [1.29, 1.82) is 0 Å². The SMILES string of the molecule is CC(C)(CCCCCc1ccc(C=Cc2cc(OC3CCCCO3)cc(C3CCCCO3)c2)cc1)OC1OCCCC1=O. The van der Waals surface area contributed by atoms with Crippen molar-refractivity contribution in [2.24, 2.45) is 0 Å². The van der Waals surface area contributed by atoms with E-state index in [4.69, 9.17) is 23.7 Å². The van der Waals surface area contributed by atoms with Crippen molar-refractivity contribution >= 4 is 17.9 Å². The second kappa shape index (κ2) is 16.0. The molecule has 0 aromatic heterocycles. The van der Waals surface area contributed by atoms with E-state index in [-0.39, 0.29) is 23.8 Å². The monoisotopic (exact) mass is 590 g/mol. The summed E-state index contributed by atoms with van der Waals surface area (Å²) in [7, 11) is 0. The van der Waals surface area contributed by atoms with E-state index in [1.54, 1.807) is 0 Å². The molecule has 0 N–H and O–H groups in total. The average molecular weight is 591 g/mol. The summed E-state index contributed by atoms with van der Waals surface area (Å²) in [5.41, 5.74) is 4.49. The van der Waals surface area contributed by atoms with Gasteiger partial charge < -0.3 is 23.7 Å². The Balaban J connectivity index is 1.11. The lowest BCUT2D eigenvalue weighted by Gasteiger charge is -2.32. The van der Waals surface area contributed by atoms with Gasteiger partial charge in [0.25, 0.3) is 0 Å². The molecule has 2 aromatic rings. The van der Waals surface area contributed by atoms with Gasteiger partial charge in [-0.05, 0) is 112 Å². The lowest BCUT2D eigenvalue weighted by atomic mass is 9.98. The standard InChI is InChI=1S/C37H50O6/c1-37(2,43-36-33(38)12-10-24-41-36)21-7-3-4-11-28-15-17-29(18-16-28)19-20-30-25-31(34-13-5-8-22-39-34)27-32(26-30)42-35-14-6-9-23-40-35/h15-20,25-27,34-36H,3-14,21-24H2,1-2H3. The smallest absolute Gasteiger partial charge is 0.218 e. The Labute approximate surface area is 258 Å². The summed E-state index contributed by atoms with van der Waals surface area (Å²) in [5.74, 6) is 0.933. The van der Waals surface area contributed by atoms with Crippen molar-refractivity contribution in [2.45, 2.75) is 122 Å². The number of hydrogen-bond acceptors (Lipinski definition) is 6. The first-order valence-corrected chi connectivity index (χ1v) is 16.6. The topological polar surface area (TPSA) is 63.2 Å². The predicted octanol–water partition coefficient (Wildman–Crippen LogP) is 8.61. The maximum atomic E-state index is 12.0. The molecule has 6 nitrogen and oxygen atoms in total. The molecule has 3 heterocycles. The fourth-order valence-corrected chi connectivity index (χ4v) is 6.10. The molecular formula is C37H50O6. The lowest BCUT2D eigenvalue weighted by Crippen LogP contribution is -2.39. The molecule has 6 heteroatoms. The quantitative estimate of drug-likeness (QED) is 0.172. The van der Waals surface area contributed by atoms with Crippen LogP contribution in [0.2, 0.25) is 0 Å². The average Bonchev–Trinajstić information content (AvgIpc) is 3.02. The van der Waals surface area contributed by atoms with Gasteiger partial charge in [0, 0.05) is 19.4 Å². The molecule has 43 heavy (non-hydrogen) atoms. The van der Waals surface area contributed by atoms with Crippen LogP contribution < -0.4 is 4.74 Å². The summed E-state index contributed by atoms with van der Waals surface area (Å²) in [6.45, 7) is 6.32. The van der Waals surface area contributed by atoms with Crippen molar-refractivity contribution in [1.82, 2.24) is 0 Å². The Kier molecular flexibility index (Phi) is 11.9. The first-order chi connectivity index (χ1) is 20.9. The number of unbranched alkanes of at least 4 members (excludes halogenated alkanes) is 2. The maximum Gasteiger partial charge on any atom is 0.218 e. The number of ether oxygens (including phenoxy) is 5. The third-order valence-corrected chi connectivity index (χ3v) is 8.63. The van der Waals surface area contributed by atoms with Gasteiger partial charge in [-0.15, -0.1) is 0 Å². The van der Waals surface area contributed by atoms with Crippen molar-refractivity contribution in [3.63, 3.8) is 0 Å². The minimum atomic E-state index is -0.683. The summed E-state index contributed by atoms with van der Waals surface area (Å²) in [5, 5.41) is 0. The highest BCUT2D eigenvalue weighted by Crippen LogP contribution is 2.33. The van der Waals surface area contributed by atoms with E-state index in [0.717, 1.165) is 95.2 Å². The summed E-state index contributed by atoms with van der Waals surface area (Å²) in [4.78, 5) is 12.0. The minimum Gasteiger partial charge on any atom is -0.465 e.